The van der Waals surface area contributed by atoms with Crippen molar-refractivity contribution in [2.45, 2.75) is 45.0 Å². The molecule has 1 rings (SSSR count). The molecule has 6 nitrogen and oxygen atoms in total. The number of methoxy groups -OCH3 is 1. The van der Waals surface area contributed by atoms with Crippen LogP contribution < -0.4 is 10.1 Å². The van der Waals surface area contributed by atoms with E-state index in [4.69, 9.17) is 21.1 Å². The molecule has 0 saturated carbocycles. The van der Waals surface area contributed by atoms with E-state index in [1.807, 2.05) is 0 Å². The normalized spacial score (nSPS) is 14.0. The Hall–Kier alpha value is -1.50. The van der Waals surface area contributed by atoms with E-state index in [2.05, 4.69) is 5.32 Å². The fourth-order valence-corrected chi connectivity index (χ4v) is 2.12. The standard InChI is InChI=1S/C16H24ClNO5/c1-16(2,3)23-15(21)18-8-7-12(19)14(20)11-9-10(17)5-6-13(11)22-4/h5-6,9,12,14,19-20H,7-8H2,1-4H3,(H,18,21). The summed E-state index contributed by atoms with van der Waals surface area (Å²) in [5, 5.41) is 23.3. The van der Waals surface area contributed by atoms with Gasteiger partial charge in [-0.2, -0.15) is 0 Å². The summed E-state index contributed by atoms with van der Waals surface area (Å²) in [4.78, 5) is 11.5. The summed E-state index contributed by atoms with van der Waals surface area (Å²) in [6.07, 6.45) is -2.68. The van der Waals surface area contributed by atoms with Crippen molar-refractivity contribution in [1.82, 2.24) is 5.32 Å². The number of alkyl carbamates (subject to hydrolysis) is 1. The van der Waals surface area contributed by atoms with Crippen molar-refractivity contribution in [2.24, 2.45) is 0 Å². The van der Waals surface area contributed by atoms with Crippen LogP contribution in [0.1, 0.15) is 38.9 Å². The number of ether oxygens (including phenoxy) is 2. The predicted molar refractivity (Wildman–Crippen MR) is 87.8 cm³/mol. The van der Waals surface area contributed by atoms with Crippen molar-refractivity contribution in [2.75, 3.05) is 13.7 Å². The largest absolute Gasteiger partial charge is 0.496 e. The molecule has 0 spiro atoms. The summed E-state index contributed by atoms with van der Waals surface area (Å²) in [7, 11) is 1.47. The Labute approximate surface area is 141 Å². The number of hydrogen-bond donors (Lipinski definition) is 3. The Morgan fingerprint density at radius 1 is 1.35 bits per heavy atom. The molecule has 3 N–H and O–H groups in total. The van der Waals surface area contributed by atoms with E-state index in [1.54, 1.807) is 32.9 Å². The first-order valence-corrected chi connectivity index (χ1v) is 7.68. The van der Waals surface area contributed by atoms with Crippen LogP contribution in [0.5, 0.6) is 5.75 Å². The molecule has 7 heteroatoms. The van der Waals surface area contributed by atoms with Gasteiger partial charge in [-0.3, -0.25) is 0 Å². The third-order valence-corrected chi connectivity index (χ3v) is 3.22. The van der Waals surface area contributed by atoms with E-state index in [1.165, 1.54) is 13.2 Å². The molecular weight excluding hydrogens is 322 g/mol. The minimum absolute atomic E-state index is 0.149. The number of benzene rings is 1. The van der Waals surface area contributed by atoms with Crippen molar-refractivity contribution in [3.63, 3.8) is 0 Å². The van der Waals surface area contributed by atoms with Gasteiger partial charge in [-0.05, 0) is 45.4 Å². The number of nitrogens with one attached hydrogen (secondary N) is 1. The lowest BCUT2D eigenvalue weighted by molar-refractivity contribution is 0.0111. The highest BCUT2D eigenvalue weighted by molar-refractivity contribution is 6.30. The van der Waals surface area contributed by atoms with Crippen LogP contribution in [0.25, 0.3) is 0 Å². The molecule has 0 heterocycles. The number of aliphatic hydroxyl groups is 2. The number of carbonyl (C=O) groups excluding carboxylic acids is 1. The Balaban J connectivity index is 2.56. The molecule has 130 valence electrons. The Morgan fingerprint density at radius 2 is 2.00 bits per heavy atom. The van der Waals surface area contributed by atoms with E-state index < -0.39 is 23.9 Å². The molecule has 2 unspecified atom stereocenters. The molecule has 23 heavy (non-hydrogen) atoms. The van der Waals surface area contributed by atoms with Gasteiger partial charge in [-0.15, -0.1) is 0 Å². The molecule has 0 radical (unpaired) electrons. The first-order chi connectivity index (χ1) is 10.6. The van der Waals surface area contributed by atoms with E-state index in [0.29, 0.717) is 16.3 Å². The summed E-state index contributed by atoms with van der Waals surface area (Å²) < 4.78 is 10.2. The minimum Gasteiger partial charge on any atom is -0.496 e. The van der Waals surface area contributed by atoms with Crippen LogP contribution in [0.2, 0.25) is 5.02 Å². The first kappa shape index (κ1) is 19.5. The first-order valence-electron chi connectivity index (χ1n) is 7.30. The molecule has 1 aromatic rings. The summed E-state index contributed by atoms with van der Waals surface area (Å²) in [6.45, 7) is 5.44. The maximum atomic E-state index is 11.5. The van der Waals surface area contributed by atoms with Crippen molar-refractivity contribution in [3.05, 3.63) is 28.8 Å². The SMILES string of the molecule is COc1ccc(Cl)cc1C(O)C(O)CCNC(=O)OC(C)(C)C. The highest BCUT2D eigenvalue weighted by Crippen LogP contribution is 2.30. The second kappa shape index (κ2) is 8.38. The number of amides is 1. The molecule has 1 aromatic carbocycles. The van der Waals surface area contributed by atoms with E-state index in [9.17, 15) is 15.0 Å². The summed E-state index contributed by atoms with van der Waals surface area (Å²) >= 11 is 5.91. The van der Waals surface area contributed by atoms with Gasteiger partial charge >= 0.3 is 6.09 Å². The maximum absolute atomic E-state index is 11.5. The van der Waals surface area contributed by atoms with Gasteiger partial charge in [0.2, 0.25) is 0 Å². The number of hydrogen-bond acceptors (Lipinski definition) is 5. The van der Waals surface area contributed by atoms with Crippen LogP contribution in [0.15, 0.2) is 18.2 Å². The predicted octanol–water partition coefficient (Wildman–Crippen LogP) is 2.66. The molecule has 0 aliphatic rings. The lowest BCUT2D eigenvalue weighted by Gasteiger charge is -2.22. The monoisotopic (exact) mass is 345 g/mol. The van der Waals surface area contributed by atoms with Gasteiger partial charge in [-0.1, -0.05) is 11.6 Å². The van der Waals surface area contributed by atoms with Crippen LogP contribution in [0, 0.1) is 0 Å². The zero-order valence-electron chi connectivity index (χ0n) is 13.8. The van der Waals surface area contributed by atoms with Crippen LogP contribution in [-0.2, 0) is 4.74 Å². The maximum Gasteiger partial charge on any atom is 0.407 e. The molecule has 0 aliphatic carbocycles. The molecule has 2 atom stereocenters. The van der Waals surface area contributed by atoms with Gasteiger partial charge in [0.15, 0.2) is 0 Å². The highest BCUT2D eigenvalue weighted by Gasteiger charge is 2.23. The smallest absolute Gasteiger partial charge is 0.407 e. The van der Waals surface area contributed by atoms with Crippen LogP contribution in [-0.4, -0.2) is 41.7 Å². The van der Waals surface area contributed by atoms with Crippen molar-refractivity contribution in [1.29, 1.82) is 0 Å². The third-order valence-electron chi connectivity index (χ3n) is 2.98. The van der Waals surface area contributed by atoms with E-state index in [0.717, 1.165) is 0 Å². The second-order valence-corrected chi connectivity index (χ2v) is 6.55. The average Bonchev–Trinajstić information content (AvgIpc) is 2.44. The van der Waals surface area contributed by atoms with Crippen molar-refractivity contribution < 1.29 is 24.5 Å². The minimum atomic E-state index is -1.18. The lowest BCUT2D eigenvalue weighted by Crippen LogP contribution is -2.34. The van der Waals surface area contributed by atoms with Crippen molar-refractivity contribution >= 4 is 17.7 Å². The van der Waals surface area contributed by atoms with Gasteiger partial charge < -0.3 is 25.0 Å². The quantitative estimate of drug-likeness (QED) is 0.737. The van der Waals surface area contributed by atoms with Crippen LogP contribution in [0.3, 0.4) is 0 Å². The molecule has 0 aliphatic heterocycles. The molecule has 0 bridgehead atoms. The summed E-state index contributed by atoms with van der Waals surface area (Å²) in [5.41, 5.74) is -0.194. The molecule has 0 aromatic heterocycles. The van der Waals surface area contributed by atoms with Crippen LogP contribution >= 0.6 is 11.6 Å². The number of halogens is 1. The molecule has 1 amide bonds. The molecular formula is C16H24ClNO5. The third kappa shape index (κ3) is 6.64. The Kier molecular flexibility index (Phi) is 7.12. The number of carbonyl (C=O) groups is 1. The molecule has 0 saturated heterocycles. The van der Waals surface area contributed by atoms with Gasteiger partial charge in [0.25, 0.3) is 0 Å². The summed E-state index contributed by atoms with van der Waals surface area (Å²) in [6, 6.07) is 4.79. The average molecular weight is 346 g/mol. The number of aliphatic hydroxyl groups excluding tert-OH is 2. The topological polar surface area (TPSA) is 88.0 Å². The lowest BCUT2D eigenvalue weighted by atomic mass is 10.0. The second-order valence-electron chi connectivity index (χ2n) is 6.12. The zero-order chi connectivity index (χ0) is 17.6. The fraction of sp³-hybridized carbons (Fsp3) is 0.562. The van der Waals surface area contributed by atoms with E-state index in [-0.39, 0.29) is 13.0 Å². The van der Waals surface area contributed by atoms with Gasteiger partial charge in [0, 0.05) is 17.1 Å². The Bertz CT molecular complexity index is 530. The molecule has 0 fully saturated rings. The van der Waals surface area contributed by atoms with E-state index >= 15 is 0 Å². The van der Waals surface area contributed by atoms with Crippen molar-refractivity contribution in [3.8, 4) is 5.75 Å². The zero-order valence-corrected chi connectivity index (χ0v) is 14.6. The van der Waals surface area contributed by atoms with Crippen LogP contribution in [0.4, 0.5) is 4.79 Å². The number of rotatable bonds is 6. The summed E-state index contributed by atoms with van der Waals surface area (Å²) in [5.74, 6) is 0.432. The Morgan fingerprint density at radius 3 is 2.57 bits per heavy atom. The van der Waals surface area contributed by atoms with Gasteiger partial charge in [0.1, 0.15) is 17.5 Å². The van der Waals surface area contributed by atoms with Gasteiger partial charge in [-0.25, -0.2) is 4.79 Å². The van der Waals surface area contributed by atoms with Gasteiger partial charge in [0.05, 0.1) is 13.2 Å². The fourth-order valence-electron chi connectivity index (χ4n) is 1.94. The highest BCUT2D eigenvalue weighted by atomic mass is 35.5.